The van der Waals surface area contributed by atoms with Gasteiger partial charge < -0.3 is 5.32 Å². The van der Waals surface area contributed by atoms with Gasteiger partial charge in [-0.25, -0.2) is 18.4 Å². The zero-order chi connectivity index (χ0) is 11.6. The molecule has 0 spiro atoms. The Hall–Kier alpha value is -1.24. The third kappa shape index (κ3) is 2.88. The Morgan fingerprint density at radius 1 is 1.44 bits per heavy atom. The second-order valence-corrected chi connectivity index (χ2v) is 6.05. The standard InChI is InChI=1S/C9H12FN3O2S/c10-8-4-9(12-6-11-8)13-7-2-1-3-16(14,15)5-7/h4,6-7H,1-3,5H2,(H,11,12,13). The van der Waals surface area contributed by atoms with Crippen LogP contribution in [0, 0.1) is 5.95 Å². The maximum atomic E-state index is 12.8. The molecule has 2 heterocycles. The molecular formula is C9H12FN3O2S. The number of hydrogen-bond acceptors (Lipinski definition) is 5. The highest BCUT2D eigenvalue weighted by Gasteiger charge is 2.24. The highest BCUT2D eigenvalue weighted by Crippen LogP contribution is 2.16. The van der Waals surface area contributed by atoms with Gasteiger partial charge in [-0.1, -0.05) is 0 Å². The minimum Gasteiger partial charge on any atom is -0.366 e. The van der Waals surface area contributed by atoms with Crippen LogP contribution in [0.15, 0.2) is 12.4 Å². The SMILES string of the molecule is O=S1(=O)CCCC(Nc2cc(F)ncn2)C1. The minimum atomic E-state index is -2.96. The number of nitrogens with one attached hydrogen (secondary N) is 1. The van der Waals surface area contributed by atoms with E-state index in [4.69, 9.17) is 0 Å². The molecule has 0 saturated carbocycles. The lowest BCUT2D eigenvalue weighted by Crippen LogP contribution is -2.35. The Balaban J connectivity index is 2.05. The van der Waals surface area contributed by atoms with Crippen molar-refractivity contribution in [1.29, 1.82) is 0 Å². The van der Waals surface area contributed by atoms with Gasteiger partial charge in [0.05, 0.1) is 11.5 Å². The third-order valence-corrected chi connectivity index (χ3v) is 4.27. The average Bonchev–Trinajstić information content (AvgIpc) is 2.15. The largest absolute Gasteiger partial charge is 0.366 e. The van der Waals surface area contributed by atoms with Gasteiger partial charge in [0.25, 0.3) is 0 Å². The minimum absolute atomic E-state index is 0.0820. The van der Waals surface area contributed by atoms with E-state index in [9.17, 15) is 12.8 Å². The second-order valence-electron chi connectivity index (χ2n) is 3.82. The average molecular weight is 245 g/mol. The van der Waals surface area contributed by atoms with Crippen molar-refractivity contribution in [2.24, 2.45) is 0 Å². The summed E-state index contributed by atoms with van der Waals surface area (Å²) in [6.45, 7) is 0. The van der Waals surface area contributed by atoms with Gasteiger partial charge in [-0.05, 0) is 12.8 Å². The first-order valence-corrected chi connectivity index (χ1v) is 6.82. The molecule has 1 saturated heterocycles. The summed E-state index contributed by atoms with van der Waals surface area (Å²) in [5, 5.41) is 2.91. The van der Waals surface area contributed by atoms with Crippen LogP contribution >= 0.6 is 0 Å². The van der Waals surface area contributed by atoms with Crippen LogP contribution in [-0.4, -0.2) is 35.9 Å². The molecule has 2 rings (SSSR count). The van der Waals surface area contributed by atoms with E-state index in [1.165, 1.54) is 0 Å². The van der Waals surface area contributed by atoms with E-state index < -0.39 is 15.8 Å². The van der Waals surface area contributed by atoms with E-state index in [1.54, 1.807) is 0 Å². The van der Waals surface area contributed by atoms with Crippen LogP contribution in [0.1, 0.15) is 12.8 Å². The van der Waals surface area contributed by atoms with Crippen molar-refractivity contribution in [3.05, 3.63) is 18.3 Å². The highest BCUT2D eigenvalue weighted by molar-refractivity contribution is 7.91. The van der Waals surface area contributed by atoms with Crippen LogP contribution in [0.3, 0.4) is 0 Å². The summed E-state index contributed by atoms with van der Waals surface area (Å²) in [6, 6.07) is 0.967. The molecule has 1 fully saturated rings. The van der Waals surface area contributed by atoms with Gasteiger partial charge >= 0.3 is 0 Å². The molecule has 1 atom stereocenters. The molecule has 0 aliphatic carbocycles. The van der Waals surface area contributed by atoms with Crippen molar-refractivity contribution < 1.29 is 12.8 Å². The quantitative estimate of drug-likeness (QED) is 0.773. The monoisotopic (exact) mass is 245 g/mol. The number of halogens is 1. The van der Waals surface area contributed by atoms with Crippen LogP contribution in [-0.2, 0) is 9.84 Å². The predicted molar refractivity (Wildman–Crippen MR) is 57.3 cm³/mol. The molecule has 7 heteroatoms. The van der Waals surface area contributed by atoms with Gasteiger partial charge in [-0.2, -0.15) is 4.39 Å². The van der Waals surface area contributed by atoms with Gasteiger partial charge in [0.1, 0.15) is 12.1 Å². The lowest BCUT2D eigenvalue weighted by atomic mass is 10.2. The molecule has 1 N–H and O–H groups in total. The van der Waals surface area contributed by atoms with Crippen molar-refractivity contribution in [2.75, 3.05) is 16.8 Å². The Morgan fingerprint density at radius 2 is 2.25 bits per heavy atom. The molecule has 1 aliphatic heterocycles. The van der Waals surface area contributed by atoms with E-state index >= 15 is 0 Å². The molecular weight excluding hydrogens is 233 g/mol. The first kappa shape index (κ1) is 11.3. The topological polar surface area (TPSA) is 72.0 Å². The summed E-state index contributed by atoms with van der Waals surface area (Å²) in [4.78, 5) is 7.15. The van der Waals surface area contributed by atoms with E-state index in [0.29, 0.717) is 12.2 Å². The first-order valence-electron chi connectivity index (χ1n) is 5.00. The fourth-order valence-corrected chi connectivity index (χ4v) is 3.39. The number of sulfone groups is 1. The highest BCUT2D eigenvalue weighted by atomic mass is 32.2. The molecule has 0 radical (unpaired) electrons. The predicted octanol–water partition coefficient (Wildman–Crippen LogP) is 0.605. The van der Waals surface area contributed by atoms with Crippen molar-refractivity contribution in [2.45, 2.75) is 18.9 Å². The maximum Gasteiger partial charge on any atom is 0.217 e. The number of aromatic nitrogens is 2. The lowest BCUT2D eigenvalue weighted by Gasteiger charge is -2.23. The molecule has 16 heavy (non-hydrogen) atoms. The molecule has 0 amide bonds. The normalized spacial score (nSPS) is 23.9. The summed E-state index contributed by atoms with van der Waals surface area (Å²) >= 11 is 0. The summed E-state index contributed by atoms with van der Waals surface area (Å²) in [7, 11) is -2.96. The van der Waals surface area contributed by atoms with Crippen molar-refractivity contribution in [3.63, 3.8) is 0 Å². The Labute approximate surface area is 93.0 Å². The molecule has 0 bridgehead atoms. The van der Waals surface area contributed by atoms with E-state index in [2.05, 4.69) is 15.3 Å². The smallest absolute Gasteiger partial charge is 0.217 e. The molecule has 0 aromatic carbocycles. The molecule has 1 aromatic rings. The van der Waals surface area contributed by atoms with Crippen LogP contribution in [0.25, 0.3) is 0 Å². The Morgan fingerprint density at radius 3 is 2.94 bits per heavy atom. The van der Waals surface area contributed by atoms with Crippen molar-refractivity contribution in [1.82, 2.24) is 9.97 Å². The van der Waals surface area contributed by atoms with Gasteiger partial charge in [0.2, 0.25) is 5.95 Å². The summed E-state index contributed by atoms with van der Waals surface area (Å²) in [6.07, 6.45) is 2.49. The summed E-state index contributed by atoms with van der Waals surface area (Å²) < 4.78 is 35.5. The fraction of sp³-hybridized carbons (Fsp3) is 0.556. The Kier molecular flexibility index (Phi) is 3.04. The Bertz CT molecular complexity index is 477. The summed E-state index contributed by atoms with van der Waals surface area (Å²) in [5.74, 6) is 0.0211. The maximum absolute atomic E-state index is 12.8. The van der Waals surface area contributed by atoms with Gasteiger partial charge in [-0.3, -0.25) is 0 Å². The number of anilines is 1. The first-order chi connectivity index (χ1) is 7.55. The molecule has 1 aromatic heterocycles. The van der Waals surface area contributed by atoms with Crippen LogP contribution in [0.2, 0.25) is 0 Å². The van der Waals surface area contributed by atoms with Crippen LogP contribution < -0.4 is 5.32 Å². The van der Waals surface area contributed by atoms with E-state index in [1.807, 2.05) is 0 Å². The van der Waals surface area contributed by atoms with Gasteiger partial charge in [0, 0.05) is 12.1 Å². The van der Waals surface area contributed by atoms with Crippen molar-refractivity contribution >= 4 is 15.7 Å². The van der Waals surface area contributed by atoms with E-state index in [0.717, 1.165) is 18.8 Å². The molecule has 1 aliphatic rings. The van der Waals surface area contributed by atoms with Crippen molar-refractivity contribution in [3.8, 4) is 0 Å². The number of hydrogen-bond donors (Lipinski definition) is 1. The third-order valence-electron chi connectivity index (χ3n) is 2.45. The van der Waals surface area contributed by atoms with E-state index in [-0.39, 0.29) is 17.5 Å². The lowest BCUT2D eigenvalue weighted by molar-refractivity contribution is 0.560. The van der Waals surface area contributed by atoms with Gasteiger partial charge in [0.15, 0.2) is 9.84 Å². The molecule has 5 nitrogen and oxygen atoms in total. The fourth-order valence-electron chi connectivity index (χ4n) is 1.76. The second kappa shape index (κ2) is 4.32. The number of rotatable bonds is 2. The van der Waals surface area contributed by atoms with Crippen LogP contribution in [0.5, 0.6) is 0 Å². The van der Waals surface area contributed by atoms with Crippen LogP contribution in [0.4, 0.5) is 10.2 Å². The number of nitrogens with zero attached hydrogens (tertiary/aromatic N) is 2. The zero-order valence-corrected chi connectivity index (χ0v) is 9.37. The molecule has 1 unspecified atom stereocenters. The summed E-state index contributed by atoms with van der Waals surface area (Å²) in [5.41, 5.74) is 0. The van der Waals surface area contributed by atoms with Gasteiger partial charge in [-0.15, -0.1) is 0 Å². The zero-order valence-electron chi connectivity index (χ0n) is 8.56. The molecule has 88 valence electrons.